The lowest BCUT2D eigenvalue weighted by Crippen LogP contribution is -2.30. The molecule has 4 nitrogen and oxygen atoms in total. The molecule has 16 heavy (non-hydrogen) atoms. The molecule has 0 spiro atoms. The van der Waals surface area contributed by atoms with Gasteiger partial charge in [-0.3, -0.25) is 4.79 Å². The predicted molar refractivity (Wildman–Crippen MR) is 61.0 cm³/mol. The first-order valence-corrected chi connectivity index (χ1v) is 5.20. The van der Waals surface area contributed by atoms with Crippen molar-refractivity contribution in [3.63, 3.8) is 0 Å². The molecule has 0 radical (unpaired) electrons. The van der Waals surface area contributed by atoms with Crippen molar-refractivity contribution < 1.29 is 14.3 Å². The molecule has 1 amide bonds. The van der Waals surface area contributed by atoms with E-state index in [0.717, 1.165) is 5.56 Å². The highest BCUT2D eigenvalue weighted by Gasteiger charge is 1.98. The fourth-order valence-electron chi connectivity index (χ4n) is 1.21. The van der Waals surface area contributed by atoms with E-state index in [1.54, 1.807) is 0 Å². The summed E-state index contributed by atoms with van der Waals surface area (Å²) in [7, 11) is 1.49. The standard InChI is InChI=1S/C12H17NO3/c1-15-10-12(14)13-7-8-16-9-11-5-3-2-4-6-11/h2-6H,7-10H2,1H3,(H,13,14). The molecule has 0 saturated carbocycles. The molecule has 1 aromatic carbocycles. The summed E-state index contributed by atoms with van der Waals surface area (Å²) in [6.07, 6.45) is 0. The number of hydrogen-bond acceptors (Lipinski definition) is 3. The summed E-state index contributed by atoms with van der Waals surface area (Å²) in [5.74, 6) is -0.120. The molecule has 88 valence electrons. The van der Waals surface area contributed by atoms with Gasteiger partial charge in [0.25, 0.3) is 0 Å². The van der Waals surface area contributed by atoms with E-state index in [0.29, 0.717) is 19.8 Å². The van der Waals surface area contributed by atoms with E-state index in [9.17, 15) is 4.79 Å². The zero-order valence-electron chi connectivity index (χ0n) is 9.44. The topological polar surface area (TPSA) is 47.6 Å². The van der Waals surface area contributed by atoms with E-state index in [4.69, 9.17) is 4.74 Å². The van der Waals surface area contributed by atoms with E-state index in [1.807, 2.05) is 30.3 Å². The minimum Gasteiger partial charge on any atom is -0.375 e. The van der Waals surface area contributed by atoms with Crippen LogP contribution in [0.15, 0.2) is 30.3 Å². The number of hydrogen-bond donors (Lipinski definition) is 1. The van der Waals surface area contributed by atoms with Crippen molar-refractivity contribution in [2.24, 2.45) is 0 Å². The molecule has 1 rings (SSSR count). The molecule has 0 heterocycles. The van der Waals surface area contributed by atoms with E-state index < -0.39 is 0 Å². The Morgan fingerprint density at radius 1 is 1.31 bits per heavy atom. The summed E-state index contributed by atoms with van der Waals surface area (Å²) in [5.41, 5.74) is 1.13. The summed E-state index contributed by atoms with van der Waals surface area (Å²) in [6, 6.07) is 9.92. The zero-order valence-corrected chi connectivity index (χ0v) is 9.44. The third-order valence-corrected chi connectivity index (χ3v) is 1.96. The smallest absolute Gasteiger partial charge is 0.246 e. The summed E-state index contributed by atoms with van der Waals surface area (Å²) >= 11 is 0. The molecule has 0 aliphatic rings. The molecule has 4 heteroatoms. The maximum Gasteiger partial charge on any atom is 0.246 e. The molecule has 1 aromatic rings. The van der Waals surface area contributed by atoms with Crippen LogP contribution in [-0.2, 0) is 20.9 Å². The van der Waals surface area contributed by atoms with Gasteiger partial charge in [-0.2, -0.15) is 0 Å². The highest BCUT2D eigenvalue weighted by atomic mass is 16.5. The molecule has 0 saturated heterocycles. The maximum absolute atomic E-state index is 11.0. The number of methoxy groups -OCH3 is 1. The molecule has 0 atom stereocenters. The first-order chi connectivity index (χ1) is 7.83. The van der Waals surface area contributed by atoms with E-state index in [1.165, 1.54) is 7.11 Å². The Balaban J connectivity index is 2.02. The first-order valence-electron chi connectivity index (χ1n) is 5.20. The Labute approximate surface area is 95.6 Å². The van der Waals surface area contributed by atoms with Gasteiger partial charge in [0.15, 0.2) is 0 Å². The van der Waals surface area contributed by atoms with Crippen LogP contribution in [0.1, 0.15) is 5.56 Å². The Morgan fingerprint density at radius 3 is 2.75 bits per heavy atom. The minimum atomic E-state index is -0.120. The van der Waals surface area contributed by atoms with Gasteiger partial charge >= 0.3 is 0 Å². The van der Waals surface area contributed by atoms with Gasteiger partial charge in [0.1, 0.15) is 6.61 Å². The first kappa shape index (κ1) is 12.7. The van der Waals surface area contributed by atoms with Crippen LogP contribution in [0.25, 0.3) is 0 Å². The van der Waals surface area contributed by atoms with Crippen molar-refractivity contribution in [1.29, 1.82) is 0 Å². The van der Waals surface area contributed by atoms with Crippen molar-refractivity contribution in [3.8, 4) is 0 Å². The number of ether oxygens (including phenoxy) is 2. The van der Waals surface area contributed by atoms with E-state index in [2.05, 4.69) is 10.1 Å². The van der Waals surface area contributed by atoms with E-state index in [-0.39, 0.29) is 12.5 Å². The third kappa shape index (κ3) is 5.48. The fourth-order valence-corrected chi connectivity index (χ4v) is 1.21. The Hall–Kier alpha value is -1.39. The molecule has 0 bridgehead atoms. The predicted octanol–water partition coefficient (Wildman–Crippen LogP) is 0.966. The van der Waals surface area contributed by atoms with Crippen LogP contribution in [0.5, 0.6) is 0 Å². The Kier molecular flexibility index (Phi) is 6.22. The van der Waals surface area contributed by atoms with Crippen LogP contribution in [0, 0.1) is 0 Å². The largest absolute Gasteiger partial charge is 0.375 e. The van der Waals surface area contributed by atoms with Crippen molar-refractivity contribution in [1.82, 2.24) is 5.32 Å². The monoisotopic (exact) mass is 223 g/mol. The molecule has 0 fully saturated rings. The lowest BCUT2D eigenvalue weighted by atomic mass is 10.2. The van der Waals surface area contributed by atoms with Gasteiger partial charge in [0.05, 0.1) is 13.2 Å². The Bertz CT molecular complexity index is 300. The second-order valence-electron chi connectivity index (χ2n) is 3.32. The molecule has 0 unspecified atom stereocenters. The molecule has 0 aliphatic carbocycles. The van der Waals surface area contributed by atoms with Gasteiger partial charge in [-0.25, -0.2) is 0 Å². The number of benzene rings is 1. The summed E-state index contributed by atoms with van der Waals surface area (Å²) < 4.78 is 10.1. The van der Waals surface area contributed by atoms with Crippen molar-refractivity contribution in [2.75, 3.05) is 26.9 Å². The number of carbonyl (C=O) groups excluding carboxylic acids is 1. The lowest BCUT2D eigenvalue weighted by Gasteiger charge is -2.05. The van der Waals surface area contributed by atoms with Gasteiger partial charge < -0.3 is 14.8 Å². The number of rotatable bonds is 7. The second-order valence-corrected chi connectivity index (χ2v) is 3.32. The van der Waals surface area contributed by atoms with Gasteiger partial charge in [-0.1, -0.05) is 30.3 Å². The van der Waals surface area contributed by atoms with Crippen molar-refractivity contribution in [3.05, 3.63) is 35.9 Å². The van der Waals surface area contributed by atoms with Gasteiger partial charge in [-0.05, 0) is 5.56 Å². The highest BCUT2D eigenvalue weighted by molar-refractivity contribution is 5.77. The summed E-state index contributed by atoms with van der Waals surface area (Å²) in [5, 5.41) is 2.68. The van der Waals surface area contributed by atoms with Crippen LogP contribution in [-0.4, -0.2) is 32.8 Å². The average Bonchev–Trinajstić information content (AvgIpc) is 2.30. The van der Waals surface area contributed by atoms with Crippen LogP contribution in [0.4, 0.5) is 0 Å². The fraction of sp³-hybridized carbons (Fsp3) is 0.417. The van der Waals surface area contributed by atoms with Gasteiger partial charge in [0.2, 0.25) is 5.91 Å². The average molecular weight is 223 g/mol. The number of amides is 1. The third-order valence-electron chi connectivity index (χ3n) is 1.96. The zero-order chi connectivity index (χ0) is 11.6. The van der Waals surface area contributed by atoms with Crippen LogP contribution < -0.4 is 5.32 Å². The lowest BCUT2D eigenvalue weighted by molar-refractivity contribution is -0.124. The van der Waals surface area contributed by atoms with Crippen LogP contribution in [0.2, 0.25) is 0 Å². The Morgan fingerprint density at radius 2 is 2.06 bits per heavy atom. The quantitative estimate of drug-likeness (QED) is 0.700. The second kappa shape index (κ2) is 7.84. The van der Waals surface area contributed by atoms with E-state index >= 15 is 0 Å². The SMILES string of the molecule is COCC(=O)NCCOCc1ccccc1. The minimum absolute atomic E-state index is 0.0959. The molecular weight excluding hydrogens is 206 g/mol. The molecular formula is C12H17NO3. The van der Waals surface area contributed by atoms with Gasteiger partial charge in [0, 0.05) is 13.7 Å². The highest BCUT2D eigenvalue weighted by Crippen LogP contribution is 1.99. The normalized spacial score (nSPS) is 10.1. The number of nitrogens with one attached hydrogen (secondary N) is 1. The number of carbonyl (C=O) groups is 1. The van der Waals surface area contributed by atoms with Crippen LogP contribution in [0.3, 0.4) is 0 Å². The summed E-state index contributed by atoms with van der Waals surface area (Å²) in [4.78, 5) is 11.0. The molecule has 0 aliphatic heterocycles. The van der Waals surface area contributed by atoms with Gasteiger partial charge in [-0.15, -0.1) is 0 Å². The molecule has 1 N–H and O–H groups in total. The van der Waals surface area contributed by atoms with Crippen molar-refractivity contribution in [2.45, 2.75) is 6.61 Å². The molecule has 0 aromatic heterocycles. The van der Waals surface area contributed by atoms with Crippen molar-refractivity contribution >= 4 is 5.91 Å². The maximum atomic E-state index is 11.0. The summed E-state index contributed by atoms with van der Waals surface area (Å²) in [6.45, 7) is 1.68. The van der Waals surface area contributed by atoms with Crippen LogP contribution >= 0.6 is 0 Å².